The van der Waals surface area contributed by atoms with Gasteiger partial charge in [-0.25, -0.2) is 4.98 Å². The fraction of sp³-hybridized carbons (Fsp3) is 0.400. The zero-order valence-corrected chi connectivity index (χ0v) is 12.6. The molecule has 1 aromatic carbocycles. The molecule has 1 N–H and O–H groups in total. The minimum absolute atomic E-state index is 0.114. The van der Waals surface area contributed by atoms with Gasteiger partial charge in [-0.1, -0.05) is 23.7 Å². The van der Waals surface area contributed by atoms with Crippen LogP contribution in [0.5, 0.6) is 0 Å². The quantitative estimate of drug-likeness (QED) is 0.925. The van der Waals surface area contributed by atoms with Gasteiger partial charge in [0.15, 0.2) is 0 Å². The van der Waals surface area contributed by atoms with Crippen molar-refractivity contribution in [2.24, 2.45) is 0 Å². The van der Waals surface area contributed by atoms with Crippen molar-refractivity contribution in [1.82, 2.24) is 14.9 Å². The van der Waals surface area contributed by atoms with Crippen molar-refractivity contribution < 1.29 is 0 Å². The number of imidazole rings is 1. The summed E-state index contributed by atoms with van der Waals surface area (Å²) in [5.74, 6) is 0. The predicted molar refractivity (Wildman–Crippen MR) is 79.6 cm³/mol. The molecule has 1 unspecified atom stereocenters. The van der Waals surface area contributed by atoms with Crippen LogP contribution in [0.4, 0.5) is 0 Å². The second-order valence-electron chi connectivity index (χ2n) is 5.29. The van der Waals surface area contributed by atoms with Gasteiger partial charge < -0.3 is 9.88 Å². The molecule has 0 amide bonds. The lowest BCUT2D eigenvalue weighted by molar-refractivity contribution is 0.401. The highest BCUT2D eigenvalue weighted by atomic mass is 35.5. The number of aromatic nitrogens is 2. The normalized spacial score (nSPS) is 13.5. The first-order chi connectivity index (χ1) is 8.95. The lowest BCUT2D eigenvalue weighted by Crippen LogP contribution is -2.36. The third-order valence-electron chi connectivity index (χ3n) is 3.70. The highest BCUT2D eigenvalue weighted by Gasteiger charge is 2.24. The third-order valence-corrected chi connectivity index (χ3v) is 3.95. The molecule has 3 nitrogen and oxygen atoms in total. The average molecular weight is 278 g/mol. The van der Waals surface area contributed by atoms with Gasteiger partial charge in [0, 0.05) is 5.02 Å². The van der Waals surface area contributed by atoms with E-state index in [4.69, 9.17) is 11.6 Å². The van der Waals surface area contributed by atoms with Crippen molar-refractivity contribution in [1.29, 1.82) is 0 Å². The Morgan fingerprint density at radius 3 is 2.47 bits per heavy atom. The summed E-state index contributed by atoms with van der Waals surface area (Å²) < 4.78 is 2.19. The molecule has 0 spiro atoms. The molecule has 0 aliphatic heterocycles. The molecular formula is C15H20ClN3. The van der Waals surface area contributed by atoms with Crippen LogP contribution in [0.1, 0.15) is 38.1 Å². The number of hydrogen-bond acceptors (Lipinski definition) is 2. The Labute approximate surface area is 119 Å². The van der Waals surface area contributed by atoms with E-state index in [1.165, 1.54) is 5.56 Å². The Bertz CT molecular complexity index is 543. The van der Waals surface area contributed by atoms with Crippen molar-refractivity contribution in [2.75, 3.05) is 7.05 Å². The first kappa shape index (κ1) is 14.1. The van der Waals surface area contributed by atoms with Crippen LogP contribution in [0.2, 0.25) is 5.02 Å². The van der Waals surface area contributed by atoms with Crippen molar-refractivity contribution in [3.8, 4) is 0 Å². The monoisotopic (exact) mass is 277 g/mol. The molecule has 0 saturated carbocycles. The summed E-state index contributed by atoms with van der Waals surface area (Å²) in [6.45, 7) is 6.46. The second kappa shape index (κ2) is 5.35. The molecule has 4 heteroatoms. The van der Waals surface area contributed by atoms with Crippen LogP contribution in [0, 0.1) is 0 Å². The number of nitrogens with one attached hydrogen (secondary N) is 1. The van der Waals surface area contributed by atoms with Crippen LogP contribution in [-0.2, 0) is 5.54 Å². The third kappa shape index (κ3) is 2.82. The number of hydrogen-bond donors (Lipinski definition) is 1. The Balaban J connectivity index is 2.37. The molecule has 19 heavy (non-hydrogen) atoms. The van der Waals surface area contributed by atoms with Gasteiger partial charge >= 0.3 is 0 Å². The molecule has 1 aromatic heterocycles. The van der Waals surface area contributed by atoms with Gasteiger partial charge in [0.2, 0.25) is 0 Å². The van der Waals surface area contributed by atoms with Gasteiger partial charge in [0.25, 0.3) is 0 Å². The Morgan fingerprint density at radius 1 is 1.26 bits per heavy atom. The molecule has 0 aliphatic carbocycles. The number of benzene rings is 1. The summed E-state index contributed by atoms with van der Waals surface area (Å²) in [4.78, 5) is 4.30. The molecule has 1 atom stereocenters. The minimum atomic E-state index is -0.114. The van der Waals surface area contributed by atoms with Crippen molar-refractivity contribution in [2.45, 2.75) is 32.4 Å². The van der Waals surface area contributed by atoms with Gasteiger partial charge in [0.1, 0.15) is 0 Å². The van der Waals surface area contributed by atoms with Gasteiger partial charge in [-0.2, -0.15) is 0 Å². The van der Waals surface area contributed by atoms with E-state index in [1.807, 2.05) is 31.7 Å². The maximum Gasteiger partial charge on any atom is 0.0954 e. The summed E-state index contributed by atoms with van der Waals surface area (Å²) in [6, 6.07) is 8.19. The Kier molecular flexibility index (Phi) is 3.97. The standard InChI is InChI=1S/C15H20ClN3/c1-11(12-5-7-13(16)8-6-12)19-10-18-9-14(19)15(2,3)17-4/h5-11,17H,1-4H3. The molecule has 2 aromatic rings. The molecule has 0 bridgehead atoms. The minimum Gasteiger partial charge on any atom is -0.326 e. The van der Waals surface area contributed by atoms with Crippen LogP contribution in [0.25, 0.3) is 0 Å². The second-order valence-corrected chi connectivity index (χ2v) is 5.73. The van der Waals surface area contributed by atoms with E-state index in [0.29, 0.717) is 0 Å². The fourth-order valence-electron chi connectivity index (χ4n) is 2.13. The lowest BCUT2D eigenvalue weighted by atomic mass is 10.00. The van der Waals surface area contributed by atoms with Crippen molar-refractivity contribution in [3.63, 3.8) is 0 Å². The Hall–Kier alpha value is -1.32. The first-order valence-corrected chi connectivity index (χ1v) is 6.80. The van der Waals surface area contributed by atoms with E-state index in [1.54, 1.807) is 0 Å². The van der Waals surface area contributed by atoms with Gasteiger partial charge in [0.05, 0.1) is 29.8 Å². The molecule has 2 rings (SSSR count). The summed E-state index contributed by atoms with van der Waals surface area (Å²) in [5.41, 5.74) is 2.27. The number of nitrogens with zero attached hydrogens (tertiary/aromatic N) is 2. The molecule has 102 valence electrons. The van der Waals surface area contributed by atoms with E-state index in [0.717, 1.165) is 10.7 Å². The zero-order chi connectivity index (χ0) is 14.0. The summed E-state index contributed by atoms with van der Waals surface area (Å²) in [6.07, 6.45) is 3.80. The fourth-order valence-corrected chi connectivity index (χ4v) is 2.25. The summed E-state index contributed by atoms with van der Waals surface area (Å²) >= 11 is 5.94. The lowest BCUT2D eigenvalue weighted by Gasteiger charge is -2.28. The van der Waals surface area contributed by atoms with E-state index >= 15 is 0 Å². The first-order valence-electron chi connectivity index (χ1n) is 6.42. The van der Waals surface area contributed by atoms with Crippen LogP contribution in [0.15, 0.2) is 36.8 Å². The Morgan fingerprint density at radius 2 is 1.89 bits per heavy atom. The number of halogens is 1. The van der Waals surface area contributed by atoms with Crippen LogP contribution >= 0.6 is 11.6 Å². The highest BCUT2D eigenvalue weighted by Crippen LogP contribution is 2.26. The van der Waals surface area contributed by atoms with E-state index < -0.39 is 0 Å². The SMILES string of the molecule is CNC(C)(C)c1cncn1C(C)c1ccc(Cl)cc1. The average Bonchev–Trinajstić information content (AvgIpc) is 2.89. The van der Waals surface area contributed by atoms with Crippen molar-refractivity contribution >= 4 is 11.6 Å². The zero-order valence-electron chi connectivity index (χ0n) is 11.8. The maximum atomic E-state index is 5.94. The molecule has 0 saturated heterocycles. The molecule has 1 heterocycles. The molecule has 0 radical (unpaired) electrons. The topological polar surface area (TPSA) is 29.9 Å². The van der Waals surface area contributed by atoms with E-state index in [-0.39, 0.29) is 11.6 Å². The van der Waals surface area contributed by atoms with Gasteiger partial charge in [-0.05, 0) is 45.5 Å². The van der Waals surface area contributed by atoms with Crippen LogP contribution in [-0.4, -0.2) is 16.6 Å². The van der Waals surface area contributed by atoms with Crippen LogP contribution < -0.4 is 5.32 Å². The van der Waals surface area contributed by atoms with Gasteiger partial charge in [-0.3, -0.25) is 0 Å². The van der Waals surface area contributed by atoms with Crippen LogP contribution in [0.3, 0.4) is 0 Å². The van der Waals surface area contributed by atoms with E-state index in [2.05, 4.69) is 47.8 Å². The summed E-state index contributed by atoms with van der Waals surface area (Å²) in [5, 5.41) is 4.08. The maximum absolute atomic E-state index is 5.94. The van der Waals surface area contributed by atoms with E-state index in [9.17, 15) is 0 Å². The largest absolute Gasteiger partial charge is 0.326 e. The smallest absolute Gasteiger partial charge is 0.0954 e. The summed E-state index contributed by atoms with van der Waals surface area (Å²) in [7, 11) is 1.96. The molecule has 0 fully saturated rings. The molecule has 0 aliphatic rings. The number of rotatable bonds is 4. The van der Waals surface area contributed by atoms with Gasteiger partial charge in [-0.15, -0.1) is 0 Å². The highest BCUT2D eigenvalue weighted by molar-refractivity contribution is 6.30. The van der Waals surface area contributed by atoms with Crippen molar-refractivity contribution in [3.05, 3.63) is 53.1 Å². The molecular weight excluding hydrogens is 258 g/mol. The predicted octanol–water partition coefficient (Wildman–Crippen LogP) is 3.60.